The second-order valence-electron chi connectivity index (χ2n) is 8.44. The van der Waals surface area contributed by atoms with Crippen molar-refractivity contribution >= 4 is 34.7 Å². The summed E-state index contributed by atoms with van der Waals surface area (Å²) < 4.78 is 0. The maximum Gasteiger partial charge on any atom is 0.270 e. The molecule has 178 valence electrons. The minimum atomic E-state index is -1.16. The van der Waals surface area contributed by atoms with Crippen LogP contribution in [0.15, 0.2) is 72.5 Å². The summed E-state index contributed by atoms with van der Waals surface area (Å²) in [4.78, 5) is 64.2. The number of nitro groups is 2. The highest BCUT2D eigenvalue weighted by atomic mass is 16.6. The van der Waals surface area contributed by atoms with Gasteiger partial charge in [-0.25, -0.2) is 4.90 Å². The summed E-state index contributed by atoms with van der Waals surface area (Å²) in [5.74, 6) is -4.00. The van der Waals surface area contributed by atoms with E-state index in [0.29, 0.717) is 0 Å². The lowest BCUT2D eigenvalue weighted by atomic mass is 9.86. The molecule has 3 heterocycles. The van der Waals surface area contributed by atoms with E-state index in [-0.39, 0.29) is 28.2 Å². The Morgan fingerprint density at radius 3 is 2.25 bits per heavy atom. The molecule has 3 aliphatic heterocycles. The average Bonchev–Trinajstić information content (AvgIpc) is 3.35. The lowest BCUT2D eigenvalue weighted by Gasteiger charge is -2.32. The molecular weight excluding hydrogens is 470 g/mol. The van der Waals surface area contributed by atoms with Crippen molar-refractivity contribution in [2.24, 2.45) is 11.8 Å². The average molecular weight is 485 g/mol. The second-order valence-corrected chi connectivity index (χ2v) is 8.44. The van der Waals surface area contributed by atoms with Gasteiger partial charge in [0.15, 0.2) is 5.78 Å². The molecule has 2 saturated heterocycles. The van der Waals surface area contributed by atoms with Gasteiger partial charge in [0.2, 0.25) is 11.8 Å². The van der Waals surface area contributed by atoms with Crippen LogP contribution in [0.5, 0.6) is 0 Å². The molecule has 12 heteroatoms. The van der Waals surface area contributed by atoms with Gasteiger partial charge >= 0.3 is 0 Å². The van der Waals surface area contributed by atoms with Gasteiger partial charge in [-0.1, -0.05) is 12.1 Å². The first-order valence-electron chi connectivity index (χ1n) is 10.7. The number of non-ortho nitro benzene ring substituents is 2. The Hall–Kier alpha value is -5.18. The van der Waals surface area contributed by atoms with Crippen LogP contribution in [0, 0.1) is 43.4 Å². The summed E-state index contributed by atoms with van der Waals surface area (Å²) in [5, 5.41) is 31.6. The van der Waals surface area contributed by atoms with E-state index >= 15 is 0 Å². The molecule has 0 saturated carbocycles. The van der Waals surface area contributed by atoms with Crippen molar-refractivity contribution in [3.63, 3.8) is 0 Å². The number of nitriles is 1. The number of anilines is 1. The number of amides is 2. The molecule has 2 aromatic rings. The molecule has 2 aromatic carbocycles. The van der Waals surface area contributed by atoms with Crippen LogP contribution < -0.4 is 4.90 Å². The van der Waals surface area contributed by atoms with E-state index in [0.717, 1.165) is 11.0 Å². The first-order chi connectivity index (χ1) is 17.2. The second kappa shape index (κ2) is 8.24. The van der Waals surface area contributed by atoms with Crippen LogP contribution in [0.3, 0.4) is 0 Å². The van der Waals surface area contributed by atoms with E-state index in [4.69, 9.17) is 0 Å². The van der Waals surface area contributed by atoms with Crippen molar-refractivity contribution in [3.05, 3.63) is 98.2 Å². The number of Topliss-reactive ketones (excluding diaryl/α,β-unsaturated/α-hetero) is 1. The quantitative estimate of drug-likeness (QED) is 0.267. The predicted molar refractivity (Wildman–Crippen MR) is 122 cm³/mol. The van der Waals surface area contributed by atoms with Crippen LogP contribution >= 0.6 is 0 Å². The molecule has 0 spiro atoms. The van der Waals surface area contributed by atoms with Gasteiger partial charge in [-0.3, -0.25) is 34.6 Å². The van der Waals surface area contributed by atoms with Gasteiger partial charge in [0.1, 0.15) is 6.04 Å². The van der Waals surface area contributed by atoms with Crippen molar-refractivity contribution in [1.82, 2.24) is 4.90 Å². The fourth-order valence-corrected chi connectivity index (χ4v) is 5.04. The molecule has 0 bridgehead atoms. The summed E-state index contributed by atoms with van der Waals surface area (Å²) in [6, 6.07) is 10.1. The molecular formula is C24H15N5O7. The van der Waals surface area contributed by atoms with E-state index in [1.807, 2.05) is 6.07 Å². The topological polar surface area (TPSA) is 168 Å². The fourth-order valence-electron chi connectivity index (χ4n) is 5.04. The zero-order valence-corrected chi connectivity index (χ0v) is 18.3. The van der Waals surface area contributed by atoms with Crippen molar-refractivity contribution < 1.29 is 24.2 Å². The molecule has 2 fully saturated rings. The van der Waals surface area contributed by atoms with E-state index in [9.17, 15) is 39.9 Å². The third kappa shape index (κ3) is 3.33. The zero-order chi connectivity index (χ0) is 25.7. The Balaban J connectivity index is 1.58. The number of hydrogen-bond donors (Lipinski definition) is 0. The van der Waals surface area contributed by atoms with E-state index < -0.39 is 51.4 Å². The number of benzene rings is 2. The molecule has 2 amide bonds. The summed E-state index contributed by atoms with van der Waals surface area (Å²) in [5.41, 5.74) is -0.136. The zero-order valence-electron chi connectivity index (χ0n) is 18.3. The number of hydrogen-bond acceptors (Lipinski definition) is 9. The molecule has 0 unspecified atom stereocenters. The van der Waals surface area contributed by atoms with Crippen molar-refractivity contribution in [3.8, 4) is 6.07 Å². The number of carbonyl (C=O) groups is 3. The molecule has 36 heavy (non-hydrogen) atoms. The molecule has 5 rings (SSSR count). The highest BCUT2D eigenvalue weighted by Gasteiger charge is 2.63. The number of allylic oxidation sites excluding steroid dienone is 2. The number of rotatable bonds is 5. The first kappa shape index (κ1) is 22.6. The lowest BCUT2D eigenvalue weighted by molar-refractivity contribution is -0.385. The minimum absolute atomic E-state index is 0.00564. The van der Waals surface area contributed by atoms with Gasteiger partial charge in [0.05, 0.1) is 45.1 Å². The van der Waals surface area contributed by atoms with Gasteiger partial charge in [-0.15, -0.1) is 0 Å². The molecule has 0 radical (unpaired) electrons. The fraction of sp³-hybridized carbons (Fsp3) is 0.167. The van der Waals surface area contributed by atoms with Crippen LogP contribution in [0.4, 0.5) is 17.1 Å². The smallest absolute Gasteiger partial charge is 0.270 e. The number of fused-ring (bicyclic) bond motifs is 3. The highest BCUT2D eigenvalue weighted by molar-refractivity contribution is 6.24. The summed E-state index contributed by atoms with van der Waals surface area (Å²) >= 11 is 0. The van der Waals surface area contributed by atoms with Gasteiger partial charge in [-0.05, 0) is 24.3 Å². The van der Waals surface area contributed by atoms with Gasteiger partial charge in [0.25, 0.3) is 11.4 Å². The maximum absolute atomic E-state index is 13.6. The number of imide groups is 1. The maximum atomic E-state index is 13.6. The summed E-state index contributed by atoms with van der Waals surface area (Å²) in [6.07, 6.45) is 4.47. The Kier molecular flexibility index (Phi) is 5.17. The lowest BCUT2D eigenvalue weighted by Crippen LogP contribution is -2.46. The molecule has 3 aliphatic rings. The summed E-state index contributed by atoms with van der Waals surface area (Å²) in [7, 11) is 0. The van der Waals surface area contributed by atoms with Crippen LogP contribution in [0.1, 0.15) is 10.4 Å². The van der Waals surface area contributed by atoms with Crippen LogP contribution in [0.25, 0.3) is 0 Å². The van der Waals surface area contributed by atoms with Crippen LogP contribution in [0.2, 0.25) is 0 Å². The monoisotopic (exact) mass is 485 g/mol. The third-order valence-corrected chi connectivity index (χ3v) is 6.61. The standard InChI is InChI=1S/C24H15N5O7/c25-12-13-8-9-26-18(10-13)19-20(21(26)22(30)14-2-1-3-17(11-14)29(35)36)24(32)27(23(19)31)15-4-6-16(7-5-15)28(33)34/h1-11,18-21H/t18-,19-,20-,21-/m1/s1. The van der Waals surface area contributed by atoms with Gasteiger partial charge < -0.3 is 4.90 Å². The molecule has 0 aromatic heterocycles. The van der Waals surface area contributed by atoms with E-state index in [2.05, 4.69) is 0 Å². The number of ketones is 1. The minimum Gasteiger partial charge on any atom is -0.359 e. The Morgan fingerprint density at radius 2 is 1.61 bits per heavy atom. The predicted octanol–water partition coefficient (Wildman–Crippen LogP) is 2.52. The Labute approximate surface area is 202 Å². The molecule has 0 aliphatic carbocycles. The summed E-state index contributed by atoms with van der Waals surface area (Å²) in [6.45, 7) is 0. The molecule has 12 nitrogen and oxygen atoms in total. The SMILES string of the molecule is N#CC1=C[C@@H]2[C@H]3C(=O)N(c4ccc([N+](=O)[O-])cc4)C(=O)[C@H]3[C@H](C(=O)c3cccc([N+](=O)[O-])c3)N2C=C1. The van der Waals surface area contributed by atoms with Crippen molar-refractivity contribution in [1.29, 1.82) is 5.26 Å². The Bertz CT molecular complexity index is 1460. The Morgan fingerprint density at radius 1 is 0.944 bits per heavy atom. The van der Waals surface area contributed by atoms with Gasteiger partial charge in [-0.2, -0.15) is 5.26 Å². The third-order valence-electron chi connectivity index (χ3n) is 6.61. The normalized spacial score (nSPS) is 24.1. The van der Waals surface area contributed by atoms with Crippen molar-refractivity contribution in [2.75, 3.05) is 4.90 Å². The molecule has 0 N–H and O–H groups in total. The van der Waals surface area contributed by atoms with Crippen molar-refractivity contribution in [2.45, 2.75) is 12.1 Å². The van der Waals surface area contributed by atoms with Gasteiger partial charge in [0, 0.05) is 36.0 Å². The largest absolute Gasteiger partial charge is 0.359 e. The highest BCUT2D eigenvalue weighted by Crippen LogP contribution is 2.47. The number of nitro benzene ring substituents is 2. The van der Waals surface area contributed by atoms with E-state index in [1.165, 1.54) is 60.8 Å². The number of nitrogens with zero attached hydrogens (tertiary/aromatic N) is 5. The van der Waals surface area contributed by atoms with Crippen LogP contribution in [-0.4, -0.2) is 44.4 Å². The number of carbonyl (C=O) groups excluding carboxylic acids is 3. The molecule has 4 atom stereocenters. The van der Waals surface area contributed by atoms with Crippen LogP contribution in [-0.2, 0) is 9.59 Å². The van der Waals surface area contributed by atoms with E-state index in [1.54, 1.807) is 4.90 Å². The first-order valence-corrected chi connectivity index (χ1v) is 10.7.